The largest absolute Gasteiger partial charge is 0.351 e. The van der Waals surface area contributed by atoms with E-state index in [9.17, 15) is 4.79 Å². The van der Waals surface area contributed by atoms with E-state index < -0.39 is 0 Å². The molecule has 0 bridgehead atoms. The van der Waals surface area contributed by atoms with Crippen molar-refractivity contribution in [2.75, 3.05) is 6.54 Å². The van der Waals surface area contributed by atoms with E-state index in [-0.39, 0.29) is 17.7 Å². The zero-order valence-electron chi connectivity index (χ0n) is 10.5. The number of carbonyl (C=O) groups excluding carboxylic acids is 1. The maximum atomic E-state index is 11.9. The summed E-state index contributed by atoms with van der Waals surface area (Å²) in [5.41, 5.74) is 1.11. The number of nitrogens with zero attached hydrogens (tertiary/aromatic N) is 3. The van der Waals surface area contributed by atoms with Crippen LogP contribution in [0.2, 0.25) is 0 Å². The van der Waals surface area contributed by atoms with Gasteiger partial charge in [-0.2, -0.15) is 16.4 Å². The van der Waals surface area contributed by atoms with Gasteiger partial charge in [-0.15, -0.1) is 0 Å². The standard InChI is InChI=1S/C13H12N4O2S/c18-13(12-2-5-16-19-12)14-8-11(10-3-7-20-9-10)17-6-1-4-15-17/h1-7,9,11H,8H2,(H,14,18)/t11-/m0/s1. The summed E-state index contributed by atoms with van der Waals surface area (Å²) < 4.78 is 6.65. The summed E-state index contributed by atoms with van der Waals surface area (Å²) in [5, 5.41) is 14.7. The molecule has 3 rings (SSSR count). The van der Waals surface area contributed by atoms with Crippen molar-refractivity contribution in [1.29, 1.82) is 0 Å². The van der Waals surface area contributed by atoms with Gasteiger partial charge in [-0.05, 0) is 28.5 Å². The summed E-state index contributed by atoms with van der Waals surface area (Å²) >= 11 is 1.61. The molecule has 0 aliphatic rings. The molecule has 0 spiro atoms. The van der Waals surface area contributed by atoms with E-state index in [4.69, 9.17) is 4.52 Å². The third-order valence-electron chi connectivity index (χ3n) is 2.89. The highest BCUT2D eigenvalue weighted by atomic mass is 32.1. The Labute approximate surface area is 119 Å². The molecule has 0 unspecified atom stereocenters. The number of nitrogens with one attached hydrogen (secondary N) is 1. The van der Waals surface area contributed by atoms with Gasteiger partial charge in [0.15, 0.2) is 0 Å². The Morgan fingerprint density at radius 1 is 1.45 bits per heavy atom. The minimum absolute atomic E-state index is 0.0388. The van der Waals surface area contributed by atoms with Crippen LogP contribution in [-0.2, 0) is 0 Å². The average molecular weight is 288 g/mol. The molecule has 0 aliphatic heterocycles. The summed E-state index contributed by atoms with van der Waals surface area (Å²) in [7, 11) is 0. The highest BCUT2D eigenvalue weighted by Gasteiger charge is 2.17. The van der Waals surface area contributed by atoms with Crippen molar-refractivity contribution in [3.05, 3.63) is 58.9 Å². The fourth-order valence-corrected chi connectivity index (χ4v) is 2.61. The second kappa shape index (κ2) is 5.70. The van der Waals surface area contributed by atoms with Crippen molar-refractivity contribution < 1.29 is 9.32 Å². The lowest BCUT2D eigenvalue weighted by Crippen LogP contribution is -2.31. The Balaban J connectivity index is 1.73. The Morgan fingerprint density at radius 2 is 2.40 bits per heavy atom. The maximum absolute atomic E-state index is 11.9. The number of amides is 1. The number of hydrogen-bond acceptors (Lipinski definition) is 5. The van der Waals surface area contributed by atoms with Gasteiger partial charge in [0.1, 0.15) is 0 Å². The first-order valence-corrected chi connectivity index (χ1v) is 6.99. The maximum Gasteiger partial charge on any atom is 0.289 e. The van der Waals surface area contributed by atoms with Gasteiger partial charge in [0.25, 0.3) is 5.91 Å². The Kier molecular flexibility index (Phi) is 3.60. The van der Waals surface area contributed by atoms with Crippen LogP contribution in [0.4, 0.5) is 0 Å². The molecule has 102 valence electrons. The molecule has 0 radical (unpaired) electrons. The van der Waals surface area contributed by atoms with Crippen LogP contribution in [0.1, 0.15) is 22.2 Å². The molecule has 3 aromatic rings. The minimum Gasteiger partial charge on any atom is -0.351 e. The van der Waals surface area contributed by atoms with Gasteiger partial charge < -0.3 is 9.84 Å². The van der Waals surface area contributed by atoms with E-state index in [1.807, 2.05) is 33.8 Å². The van der Waals surface area contributed by atoms with Crippen LogP contribution in [0.25, 0.3) is 0 Å². The minimum atomic E-state index is -0.283. The van der Waals surface area contributed by atoms with Crippen LogP contribution in [0.3, 0.4) is 0 Å². The lowest BCUT2D eigenvalue weighted by molar-refractivity contribution is 0.0912. The number of carbonyl (C=O) groups is 1. The van der Waals surface area contributed by atoms with Crippen LogP contribution in [0.15, 0.2) is 52.1 Å². The van der Waals surface area contributed by atoms with E-state index in [1.54, 1.807) is 17.5 Å². The van der Waals surface area contributed by atoms with Crippen LogP contribution in [0, 0.1) is 0 Å². The zero-order chi connectivity index (χ0) is 13.8. The quantitative estimate of drug-likeness (QED) is 0.779. The molecular weight excluding hydrogens is 276 g/mol. The van der Waals surface area contributed by atoms with Gasteiger partial charge in [0.05, 0.1) is 12.2 Å². The van der Waals surface area contributed by atoms with E-state index in [0.29, 0.717) is 6.54 Å². The smallest absolute Gasteiger partial charge is 0.289 e. The lowest BCUT2D eigenvalue weighted by atomic mass is 10.1. The predicted octanol–water partition coefficient (Wildman–Crippen LogP) is 1.95. The third-order valence-corrected chi connectivity index (χ3v) is 3.59. The molecule has 3 aromatic heterocycles. The first kappa shape index (κ1) is 12.6. The van der Waals surface area contributed by atoms with E-state index >= 15 is 0 Å². The first-order valence-electron chi connectivity index (χ1n) is 6.04. The Hall–Kier alpha value is -2.41. The molecule has 0 fully saturated rings. The molecule has 1 atom stereocenters. The van der Waals surface area contributed by atoms with Crippen LogP contribution in [0.5, 0.6) is 0 Å². The molecule has 0 saturated carbocycles. The predicted molar refractivity (Wildman–Crippen MR) is 73.5 cm³/mol. The number of rotatable bonds is 5. The van der Waals surface area contributed by atoms with Crippen molar-refractivity contribution >= 4 is 17.2 Å². The van der Waals surface area contributed by atoms with Gasteiger partial charge in [0, 0.05) is 25.0 Å². The molecule has 0 saturated heterocycles. The van der Waals surface area contributed by atoms with Crippen molar-refractivity contribution in [3.63, 3.8) is 0 Å². The summed E-state index contributed by atoms with van der Waals surface area (Å²) in [6, 6.07) is 5.38. The molecular formula is C13H12N4O2S. The van der Waals surface area contributed by atoms with Crippen molar-refractivity contribution in [1.82, 2.24) is 20.3 Å². The monoisotopic (exact) mass is 288 g/mol. The molecule has 20 heavy (non-hydrogen) atoms. The SMILES string of the molecule is O=C(NC[C@@H](c1ccsc1)n1cccn1)c1ccno1. The summed E-state index contributed by atoms with van der Waals surface area (Å²) in [5.74, 6) is -0.0792. The number of thiophene rings is 1. The number of hydrogen-bond donors (Lipinski definition) is 1. The highest BCUT2D eigenvalue weighted by molar-refractivity contribution is 7.07. The van der Waals surface area contributed by atoms with Crippen LogP contribution >= 0.6 is 11.3 Å². The van der Waals surface area contributed by atoms with Gasteiger partial charge in [0.2, 0.25) is 5.76 Å². The Morgan fingerprint density at radius 3 is 3.05 bits per heavy atom. The van der Waals surface area contributed by atoms with Crippen molar-refractivity contribution in [3.8, 4) is 0 Å². The van der Waals surface area contributed by atoms with E-state index in [1.165, 1.54) is 12.3 Å². The molecule has 0 aromatic carbocycles. The second-order valence-electron chi connectivity index (χ2n) is 4.15. The Bertz CT molecular complexity index is 612. The third kappa shape index (κ3) is 2.62. The zero-order valence-corrected chi connectivity index (χ0v) is 11.3. The van der Waals surface area contributed by atoms with Crippen LogP contribution < -0.4 is 5.32 Å². The summed E-state index contributed by atoms with van der Waals surface area (Å²) in [6.07, 6.45) is 5.04. The molecule has 0 aliphatic carbocycles. The van der Waals surface area contributed by atoms with Gasteiger partial charge in [-0.1, -0.05) is 5.16 Å². The molecule has 1 amide bonds. The molecule has 3 heterocycles. The van der Waals surface area contributed by atoms with Gasteiger partial charge >= 0.3 is 0 Å². The lowest BCUT2D eigenvalue weighted by Gasteiger charge is -2.16. The van der Waals surface area contributed by atoms with Crippen molar-refractivity contribution in [2.24, 2.45) is 0 Å². The topological polar surface area (TPSA) is 73.0 Å². The number of aromatic nitrogens is 3. The fourth-order valence-electron chi connectivity index (χ4n) is 1.90. The van der Waals surface area contributed by atoms with Crippen LogP contribution in [-0.4, -0.2) is 27.4 Å². The highest BCUT2D eigenvalue weighted by Crippen LogP contribution is 2.19. The fraction of sp³-hybridized carbons (Fsp3) is 0.154. The van der Waals surface area contributed by atoms with Crippen molar-refractivity contribution in [2.45, 2.75) is 6.04 Å². The second-order valence-corrected chi connectivity index (χ2v) is 4.93. The van der Waals surface area contributed by atoms with E-state index in [2.05, 4.69) is 15.6 Å². The average Bonchev–Trinajstić information content (AvgIpc) is 3.22. The van der Waals surface area contributed by atoms with Gasteiger partial charge in [-0.3, -0.25) is 9.48 Å². The molecule has 6 nitrogen and oxygen atoms in total. The normalized spacial score (nSPS) is 12.2. The first-order chi connectivity index (χ1) is 9.84. The summed E-state index contributed by atoms with van der Waals surface area (Å²) in [4.78, 5) is 11.9. The summed E-state index contributed by atoms with van der Waals surface area (Å²) in [6.45, 7) is 0.429. The van der Waals surface area contributed by atoms with E-state index in [0.717, 1.165) is 5.56 Å². The molecule has 1 N–H and O–H groups in total. The van der Waals surface area contributed by atoms with Gasteiger partial charge in [-0.25, -0.2) is 0 Å². The molecule has 7 heteroatoms.